The fraction of sp³-hybridized carbons (Fsp3) is 0.500. The Morgan fingerprint density at radius 2 is 1.55 bits per heavy atom. The monoisotopic (exact) mass is 282 g/mol. The molecule has 1 aliphatic rings. The Balaban J connectivity index is 2.13. The number of rotatable bonds is 1. The molecule has 1 aliphatic heterocycles. The number of carbonyl (C=O) groups is 1. The van der Waals surface area contributed by atoms with Crippen LogP contribution in [0.2, 0.25) is 0 Å². The number of methoxy groups -OCH3 is 1. The molecule has 110 valence electrons. The number of hydrogen-bond donors (Lipinski definition) is 0. The summed E-state index contributed by atoms with van der Waals surface area (Å²) in [6.07, 6.45) is 0. The minimum absolute atomic E-state index is 0.376. The summed E-state index contributed by atoms with van der Waals surface area (Å²) in [7, 11) is 1.34. The Labute approximate surface area is 117 Å². The van der Waals surface area contributed by atoms with E-state index in [4.69, 9.17) is 18.9 Å². The lowest BCUT2D eigenvalue weighted by Gasteiger charge is -2.15. The third-order valence-corrected chi connectivity index (χ3v) is 2.71. The van der Waals surface area contributed by atoms with Crippen molar-refractivity contribution in [3.8, 4) is 11.5 Å². The lowest BCUT2D eigenvalue weighted by Crippen LogP contribution is -2.16. The number of hydrogen-bond acceptors (Lipinski definition) is 6. The van der Waals surface area contributed by atoms with Gasteiger partial charge in [0.2, 0.25) is 0 Å². The maximum absolute atomic E-state index is 11.5. The predicted octanol–water partition coefficient (Wildman–Crippen LogP) is 1.28. The van der Waals surface area contributed by atoms with Crippen molar-refractivity contribution in [1.29, 1.82) is 0 Å². The van der Waals surface area contributed by atoms with Gasteiger partial charge in [-0.1, -0.05) is 0 Å². The highest BCUT2D eigenvalue weighted by atomic mass is 16.6. The minimum Gasteiger partial charge on any atom is -0.487 e. The molecule has 0 unspecified atom stereocenters. The normalized spacial score (nSPS) is 16.6. The van der Waals surface area contributed by atoms with Gasteiger partial charge in [0.25, 0.3) is 0 Å². The van der Waals surface area contributed by atoms with E-state index in [2.05, 4.69) is 4.74 Å². The molecule has 1 aromatic carbocycles. The van der Waals surface area contributed by atoms with E-state index in [-0.39, 0.29) is 0 Å². The van der Waals surface area contributed by atoms with Crippen molar-refractivity contribution < 1.29 is 28.5 Å². The lowest BCUT2D eigenvalue weighted by molar-refractivity contribution is 0.0223. The van der Waals surface area contributed by atoms with Crippen molar-refractivity contribution in [3.05, 3.63) is 23.8 Å². The maximum Gasteiger partial charge on any atom is 0.337 e. The van der Waals surface area contributed by atoms with Gasteiger partial charge in [0, 0.05) is 0 Å². The third-order valence-electron chi connectivity index (χ3n) is 2.71. The Hall–Kier alpha value is -1.79. The van der Waals surface area contributed by atoms with Gasteiger partial charge in [-0.3, -0.25) is 0 Å². The molecule has 0 fully saturated rings. The Morgan fingerprint density at radius 1 is 0.950 bits per heavy atom. The standard InChI is InChI=1S/C14H18O6/c1-16-14(15)11-2-3-12-13(10-11)20-9-7-18-5-4-17-6-8-19-12/h2-3,10H,4-9H2,1H3. The Bertz CT molecular complexity index is 445. The summed E-state index contributed by atoms with van der Waals surface area (Å²) in [5, 5.41) is 0. The largest absolute Gasteiger partial charge is 0.487 e. The van der Waals surface area contributed by atoms with Gasteiger partial charge in [-0.25, -0.2) is 4.79 Å². The SMILES string of the molecule is COC(=O)c1ccc2c(c1)OCCOCCOCCO2. The van der Waals surface area contributed by atoms with E-state index in [0.29, 0.717) is 56.7 Å². The van der Waals surface area contributed by atoms with Crippen LogP contribution in [0.15, 0.2) is 18.2 Å². The van der Waals surface area contributed by atoms with Crippen molar-refractivity contribution in [2.24, 2.45) is 0 Å². The Morgan fingerprint density at radius 3 is 2.20 bits per heavy atom. The third kappa shape index (κ3) is 4.11. The molecule has 6 nitrogen and oxygen atoms in total. The first-order valence-corrected chi connectivity index (χ1v) is 6.44. The molecule has 0 saturated heterocycles. The molecule has 0 saturated carbocycles. The van der Waals surface area contributed by atoms with Gasteiger partial charge in [0.15, 0.2) is 11.5 Å². The zero-order valence-electron chi connectivity index (χ0n) is 11.4. The quantitative estimate of drug-likeness (QED) is 0.723. The summed E-state index contributed by atoms with van der Waals surface area (Å²) in [4.78, 5) is 11.5. The predicted molar refractivity (Wildman–Crippen MR) is 70.4 cm³/mol. The highest BCUT2D eigenvalue weighted by Gasteiger charge is 2.12. The second-order valence-electron chi connectivity index (χ2n) is 4.07. The Kier molecular flexibility index (Phi) is 5.64. The van der Waals surface area contributed by atoms with Crippen LogP contribution in [0.5, 0.6) is 11.5 Å². The van der Waals surface area contributed by atoms with Gasteiger partial charge in [0.1, 0.15) is 13.2 Å². The molecular formula is C14H18O6. The van der Waals surface area contributed by atoms with Crippen molar-refractivity contribution in [2.75, 3.05) is 46.8 Å². The van der Waals surface area contributed by atoms with E-state index in [1.54, 1.807) is 18.2 Å². The van der Waals surface area contributed by atoms with E-state index < -0.39 is 5.97 Å². The summed E-state index contributed by atoms with van der Waals surface area (Å²) >= 11 is 0. The van der Waals surface area contributed by atoms with E-state index in [0.717, 1.165) is 0 Å². The number of esters is 1. The van der Waals surface area contributed by atoms with Crippen LogP contribution in [0, 0.1) is 0 Å². The summed E-state index contributed by atoms with van der Waals surface area (Å²) in [5.41, 5.74) is 0.416. The van der Waals surface area contributed by atoms with Gasteiger partial charge < -0.3 is 23.7 Å². The zero-order chi connectivity index (χ0) is 14.2. The van der Waals surface area contributed by atoms with Crippen molar-refractivity contribution in [2.45, 2.75) is 0 Å². The molecule has 0 atom stereocenters. The van der Waals surface area contributed by atoms with Crippen LogP contribution < -0.4 is 9.47 Å². The van der Waals surface area contributed by atoms with Gasteiger partial charge in [0.05, 0.1) is 39.1 Å². The van der Waals surface area contributed by atoms with Gasteiger partial charge in [-0.2, -0.15) is 0 Å². The number of fused-ring (bicyclic) bond motifs is 1. The molecule has 6 heteroatoms. The van der Waals surface area contributed by atoms with Crippen LogP contribution in [0.3, 0.4) is 0 Å². The molecule has 0 N–H and O–H groups in total. The van der Waals surface area contributed by atoms with Crippen LogP contribution in [0.25, 0.3) is 0 Å². The smallest absolute Gasteiger partial charge is 0.337 e. The number of benzene rings is 1. The second kappa shape index (κ2) is 7.72. The molecule has 0 radical (unpaired) electrons. The van der Waals surface area contributed by atoms with Gasteiger partial charge >= 0.3 is 5.97 Å². The topological polar surface area (TPSA) is 63.2 Å². The van der Waals surface area contributed by atoms with Gasteiger partial charge in [-0.05, 0) is 18.2 Å². The average molecular weight is 282 g/mol. The van der Waals surface area contributed by atoms with Crippen LogP contribution in [0.1, 0.15) is 10.4 Å². The molecule has 0 spiro atoms. The van der Waals surface area contributed by atoms with Crippen molar-refractivity contribution in [1.82, 2.24) is 0 Å². The van der Waals surface area contributed by atoms with E-state index in [1.807, 2.05) is 0 Å². The first-order chi connectivity index (χ1) is 9.81. The lowest BCUT2D eigenvalue weighted by atomic mass is 10.2. The molecule has 20 heavy (non-hydrogen) atoms. The molecular weight excluding hydrogens is 264 g/mol. The molecule has 0 amide bonds. The first-order valence-electron chi connectivity index (χ1n) is 6.44. The fourth-order valence-electron chi connectivity index (χ4n) is 1.73. The summed E-state index contributed by atoms with van der Waals surface area (Å²) < 4.78 is 26.5. The fourth-order valence-corrected chi connectivity index (χ4v) is 1.73. The minimum atomic E-state index is -0.415. The molecule has 0 aromatic heterocycles. The van der Waals surface area contributed by atoms with Crippen LogP contribution in [0.4, 0.5) is 0 Å². The van der Waals surface area contributed by atoms with E-state index in [9.17, 15) is 4.79 Å². The zero-order valence-corrected chi connectivity index (χ0v) is 11.4. The highest BCUT2D eigenvalue weighted by Crippen LogP contribution is 2.28. The van der Waals surface area contributed by atoms with Crippen LogP contribution >= 0.6 is 0 Å². The van der Waals surface area contributed by atoms with Crippen molar-refractivity contribution >= 4 is 5.97 Å². The number of carbonyl (C=O) groups excluding carboxylic acids is 1. The first kappa shape index (κ1) is 14.6. The summed E-state index contributed by atoms with van der Waals surface area (Å²) in [6.45, 7) is 2.78. The molecule has 0 aliphatic carbocycles. The van der Waals surface area contributed by atoms with Crippen molar-refractivity contribution in [3.63, 3.8) is 0 Å². The molecule has 1 heterocycles. The van der Waals surface area contributed by atoms with Crippen LogP contribution in [-0.2, 0) is 14.2 Å². The molecule has 0 bridgehead atoms. The highest BCUT2D eigenvalue weighted by molar-refractivity contribution is 5.90. The second-order valence-corrected chi connectivity index (χ2v) is 4.07. The number of ether oxygens (including phenoxy) is 5. The van der Waals surface area contributed by atoms with E-state index in [1.165, 1.54) is 7.11 Å². The van der Waals surface area contributed by atoms with E-state index >= 15 is 0 Å². The molecule has 2 rings (SSSR count). The average Bonchev–Trinajstić information content (AvgIpc) is 2.47. The summed E-state index contributed by atoms with van der Waals surface area (Å²) in [6, 6.07) is 4.93. The summed E-state index contributed by atoms with van der Waals surface area (Å²) in [5.74, 6) is 0.654. The van der Waals surface area contributed by atoms with Gasteiger partial charge in [-0.15, -0.1) is 0 Å². The maximum atomic E-state index is 11.5. The van der Waals surface area contributed by atoms with Crippen LogP contribution in [-0.4, -0.2) is 52.7 Å². The molecule has 1 aromatic rings.